The first-order chi connectivity index (χ1) is 8.68. The van der Waals surface area contributed by atoms with E-state index in [9.17, 15) is 4.79 Å². The van der Waals surface area contributed by atoms with Gasteiger partial charge in [-0.2, -0.15) is 0 Å². The van der Waals surface area contributed by atoms with Crippen LogP contribution in [0, 0.1) is 0 Å². The van der Waals surface area contributed by atoms with Gasteiger partial charge in [-0.05, 0) is 24.4 Å². The predicted octanol–water partition coefficient (Wildman–Crippen LogP) is 3.21. The number of benzene rings is 2. The van der Waals surface area contributed by atoms with Gasteiger partial charge in [0, 0.05) is 5.39 Å². The maximum atomic E-state index is 11.1. The average molecular weight is 277 g/mol. The summed E-state index contributed by atoms with van der Waals surface area (Å²) in [5.74, 6) is -0.863. The van der Waals surface area contributed by atoms with Crippen molar-refractivity contribution in [3.63, 3.8) is 0 Å². The molecule has 0 radical (unpaired) electrons. The monoisotopic (exact) mass is 276 g/mol. The van der Waals surface area contributed by atoms with Gasteiger partial charge >= 0.3 is 5.97 Å². The Morgan fingerprint density at radius 3 is 2.63 bits per heavy atom. The summed E-state index contributed by atoms with van der Waals surface area (Å²) in [6.45, 7) is 1.65. The highest BCUT2D eigenvalue weighted by Gasteiger charge is 2.24. The van der Waals surface area contributed by atoms with E-state index in [1.165, 1.54) is 0 Å². The number of nitrogens with zero attached hydrogens (tertiary/aromatic N) is 2. The summed E-state index contributed by atoms with van der Waals surface area (Å²) in [5.41, 5.74) is 1.78. The van der Waals surface area contributed by atoms with E-state index in [1.54, 1.807) is 18.2 Å². The molecule has 0 spiro atoms. The normalized spacial score (nSPS) is 14.1. The van der Waals surface area contributed by atoms with E-state index in [0.29, 0.717) is 0 Å². The van der Waals surface area contributed by atoms with Crippen LogP contribution in [0.3, 0.4) is 0 Å². The van der Waals surface area contributed by atoms with Crippen LogP contribution >= 0.6 is 12.4 Å². The molecule has 0 saturated carbocycles. The number of carboxylic acid groups (broad SMARTS) is 1. The number of anilines is 1. The number of rotatable bonds is 2. The largest absolute Gasteiger partial charge is 0.480 e. The second kappa shape index (κ2) is 4.90. The fraction of sp³-hybridized carbons (Fsp3) is 0.143. The minimum absolute atomic E-state index is 0. The Morgan fingerprint density at radius 1 is 1.26 bits per heavy atom. The Hall–Kier alpha value is -2.07. The minimum atomic E-state index is -0.863. The van der Waals surface area contributed by atoms with Crippen LogP contribution in [-0.4, -0.2) is 23.5 Å². The molecule has 98 valence electrons. The van der Waals surface area contributed by atoms with Crippen molar-refractivity contribution >= 4 is 46.9 Å². The molecule has 0 saturated heterocycles. The maximum Gasteiger partial charge on any atom is 0.326 e. The van der Waals surface area contributed by atoms with Crippen LogP contribution in [-0.2, 0) is 4.79 Å². The highest BCUT2D eigenvalue weighted by molar-refractivity contribution is 6.10. The zero-order valence-corrected chi connectivity index (χ0v) is 11.1. The minimum Gasteiger partial charge on any atom is -0.480 e. The summed E-state index contributed by atoms with van der Waals surface area (Å²) in [6.07, 6.45) is 1.59. The van der Waals surface area contributed by atoms with Crippen molar-refractivity contribution in [2.45, 2.75) is 13.0 Å². The summed E-state index contributed by atoms with van der Waals surface area (Å²) in [4.78, 5) is 17.2. The molecule has 1 aliphatic heterocycles. The number of carbonyl (C=O) groups is 1. The third-order valence-electron chi connectivity index (χ3n) is 3.23. The smallest absolute Gasteiger partial charge is 0.326 e. The van der Waals surface area contributed by atoms with E-state index in [4.69, 9.17) is 5.11 Å². The third-order valence-corrected chi connectivity index (χ3v) is 3.23. The molecule has 4 nitrogen and oxygen atoms in total. The van der Waals surface area contributed by atoms with Gasteiger partial charge in [0.25, 0.3) is 0 Å². The van der Waals surface area contributed by atoms with Gasteiger partial charge in [0.05, 0.1) is 17.7 Å². The summed E-state index contributed by atoms with van der Waals surface area (Å²) in [5, 5.41) is 11.2. The van der Waals surface area contributed by atoms with Crippen molar-refractivity contribution in [1.29, 1.82) is 0 Å². The summed E-state index contributed by atoms with van der Waals surface area (Å²) in [7, 11) is 0. The molecule has 0 fully saturated rings. The van der Waals surface area contributed by atoms with Gasteiger partial charge in [-0.1, -0.05) is 24.3 Å². The lowest BCUT2D eigenvalue weighted by molar-refractivity contribution is -0.137. The molecule has 0 bridgehead atoms. The van der Waals surface area contributed by atoms with Crippen LogP contribution < -0.4 is 4.90 Å². The van der Waals surface area contributed by atoms with E-state index in [1.807, 2.05) is 36.4 Å². The Bertz CT molecular complexity index is 664. The predicted molar refractivity (Wildman–Crippen MR) is 78.9 cm³/mol. The molecule has 19 heavy (non-hydrogen) atoms. The van der Waals surface area contributed by atoms with Crippen LogP contribution in [0.5, 0.6) is 0 Å². The second-order valence-corrected chi connectivity index (χ2v) is 4.32. The van der Waals surface area contributed by atoms with Crippen molar-refractivity contribution in [3.05, 3.63) is 36.4 Å². The van der Waals surface area contributed by atoms with Gasteiger partial charge < -0.3 is 10.0 Å². The first-order valence-electron chi connectivity index (χ1n) is 5.75. The summed E-state index contributed by atoms with van der Waals surface area (Å²) in [6, 6.07) is 11.1. The van der Waals surface area contributed by atoms with E-state index in [2.05, 4.69) is 4.99 Å². The zero-order valence-electron chi connectivity index (χ0n) is 10.3. The molecular formula is C14H13ClN2O2. The summed E-state index contributed by atoms with van der Waals surface area (Å²) < 4.78 is 0. The van der Waals surface area contributed by atoms with Crippen molar-refractivity contribution in [2.24, 2.45) is 4.99 Å². The van der Waals surface area contributed by atoms with Gasteiger partial charge in [-0.3, -0.25) is 0 Å². The molecule has 1 atom stereocenters. The van der Waals surface area contributed by atoms with Gasteiger partial charge in [0.15, 0.2) is 0 Å². The van der Waals surface area contributed by atoms with E-state index in [-0.39, 0.29) is 12.4 Å². The number of hydrogen-bond acceptors (Lipinski definition) is 3. The lowest BCUT2D eigenvalue weighted by atomic mass is 10.0. The SMILES string of the molecule is CC(C(=O)O)N1C=Nc2cccc3cccc1c23.Cl. The van der Waals surface area contributed by atoms with Crippen LogP contribution in [0.2, 0.25) is 0 Å². The molecule has 0 aliphatic carbocycles. The first kappa shape index (κ1) is 13.4. The molecule has 3 rings (SSSR count). The third kappa shape index (κ3) is 2.04. The molecule has 2 aromatic carbocycles. The van der Waals surface area contributed by atoms with Crippen LogP contribution in [0.1, 0.15) is 6.92 Å². The molecule has 1 N–H and O–H groups in total. The van der Waals surface area contributed by atoms with Gasteiger partial charge in [0.2, 0.25) is 0 Å². The Balaban J connectivity index is 0.00000133. The molecular weight excluding hydrogens is 264 g/mol. The molecule has 0 aromatic heterocycles. The summed E-state index contributed by atoms with van der Waals surface area (Å²) >= 11 is 0. The van der Waals surface area contributed by atoms with Crippen molar-refractivity contribution in [2.75, 3.05) is 4.90 Å². The van der Waals surface area contributed by atoms with Crippen LogP contribution in [0.15, 0.2) is 41.4 Å². The number of hydrogen-bond donors (Lipinski definition) is 1. The fourth-order valence-electron chi connectivity index (χ4n) is 2.24. The van der Waals surface area contributed by atoms with Crippen LogP contribution in [0.4, 0.5) is 11.4 Å². The number of halogens is 1. The van der Waals surface area contributed by atoms with E-state index < -0.39 is 12.0 Å². The molecule has 2 aromatic rings. The molecule has 1 heterocycles. The Kier molecular flexibility index (Phi) is 3.44. The standard InChI is InChI=1S/C14H12N2O2.ClH/c1-9(14(17)18)16-8-15-11-6-2-4-10-5-3-7-12(16)13(10)11;/h2-9H,1H3,(H,17,18);1H. The van der Waals surface area contributed by atoms with Crippen molar-refractivity contribution in [3.8, 4) is 0 Å². The number of aliphatic carboxylic acids is 1. The van der Waals surface area contributed by atoms with Crippen molar-refractivity contribution < 1.29 is 9.90 Å². The highest BCUT2D eigenvalue weighted by Crippen LogP contribution is 2.37. The second-order valence-electron chi connectivity index (χ2n) is 4.32. The fourth-order valence-corrected chi connectivity index (χ4v) is 2.24. The van der Waals surface area contributed by atoms with Gasteiger partial charge in [0.1, 0.15) is 6.04 Å². The van der Waals surface area contributed by atoms with Gasteiger partial charge in [-0.25, -0.2) is 9.79 Å². The molecule has 1 unspecified atom stereocenters. The van der Waals surface area contributed by atoms with E-state index in [0.717, 1.165) is 22.1 Å². The highest BCUT2D eigenvalue weighted by atomic mass is 35.5. The zero-order chi connectivity index (χ0) is 12.7. The van der Waals surface area contributed by atoms with Gasteiger partial charge in [-0.15, -0.1) is 12.4 Å². The Morgan fingerprint density at radius 2 is 1.95 bits per heavy atom. The Labute approximate surface area is 116 Å². The first-order valence-corrected chi connectivity index (χ1v) is 5.75. The maximum absolute atomic E-state index is 11.1. The average Bonchev–Trinajstić information content (AvgIpc) is 2.39. The molecule has 1 aliphatic rings. The molecule has 0 amide bonds. The molecule has 5 heteroatoms. The topological polar surface area (TPSA) is 52.9 Å². The van der Waals surface area contributed by atoms with Crippen molar-refractivity contribution in [1.82, 2.24) is 0 Å². The lowest BCUT2D eigenvalue weighted by Gasteiger charge is -2.28. The number of aliphatic imine (C=N–C) groups is 1. The lowest BCUT2D eigenvalue weighted by Crippen LogP contribution is -2.38. The van der Waals surface area contributed by atoms with Crippen LogP contribution in [0.25, 0.3) is 10.8 Å². The van der Waals surface area contributed by atoms with E-state index >= 15 is 0 Å². The quantitative estimate of drug-likeness (QED) is 0.916. The number of carboxylic acids is 1.